The molecule has 1 aromatic carbocycles. The van der Waals surface area contributed by atoms with Crippen LogP contribution in [0.15, 0.2) is 18.2 Å². The molecule has 1 aliphatic carbocycles. The number of aromatic nitrogens is 2. The zero-order chi connectivity index (χ0) is 21.4. The summed E-state index contributed by atoms with van der Waals surface area (Å²) < 4.78 is 0. The predicted octanol–water partition coefficient (Wildman–Crippen LogP) is 7.34. The quantitative estimate of drug-likeness (QED) is 0.391. The molecular weight excluding hydrogens is 410 g/mol. The van der Waals surface area contributed by atoms with Gasteiger partial charge in [0.25, 0.3) is 0 Å². The van der Waals surface area contributed by atoms with E-state index in [2.05, 4.69) is 69.6 Å². The van der Waals surface area contributed by atoms with Crippen LogP contribution in [-0.2, 0) is 0 Å². The number of aryl methyl sites for hydroxylation is 3. The highest BCUT2D eigenvalue weighted by molar-refractivity contribution is 7.19. The molecule has 1 saturated carbocycles. The maximum atomic E-state index is 6.45. The Morgan fingerprint density at radius 2 is 1.83 bits per heavy atom. The zero-order valence-electron chi connectivity index (χ0n) is 18.8. The lowest BCUT2D eigenvalue weighted by Crippen LogP contribution is -2.35. The van der Waals surface area contributed by atoms with Crippen molar-refractivity contribution in [1.82, 2.24) is 9.97 Å². The van der Waals surface area contributed by atoms with Crippen LogP contribution in [0.2, 0.25) is 5.28 Å². The maximum Gasteiger partial charge on any atom is 0.225 e. The van der Waals surface area contributed by atoms with Crippen LogP contribution in [0, 0.1) is 31.6 Å². The Hall–Kier alpha value is -1.65. The number of halogens is 1. The number of rotatable bonds is 2. The normalized spacial score (nSPS) is 25.3. The number of hydrogen-bond donors (Lipinski definition) is 0. The Kier molecular flexibility index (Phi) is 4.51. The number of fused-ring (bicyclic) bond motifs is 3. The van der Waals surface area contributed by atoms with Crippen LogP contribution in [0.1, 0.15) is 56.0 Å². The lowest BCUT2D eigenvalue weighted by molar-refractivity contribution is 0.136. The third-order valence-electron chi connectivity index (χ3n) is 7.16. The van der Waals surface area contributed by atoms with Crippen LogP contribution < -0.4 is 4.90 Å². The number of benzene rings is 1. The van der Waals surface area contributed by atoms with Gasteiger partial charge < -0.3 is 4.90 Å². The first-order chi connectivity index (χ1) is 14.1. The average molecular weight is 440 g/mol. The minimum atomic E-state index is 0.335. The summed E-state index contributed by atoms with van der Waals surface area (Å²) in [7, 11) is 0. The summed E-state index contributed by atoms with van der Waals surface area (Å²) in [6.45, 7) is 14.9. The first-order valence-electron chi connectivity index (χ1n) is 10.9. The van der Waals surface area contributed by atoms with Crippen molar-refractivity contribution >= 4 is 39.0 Å². The molecule has 2 aliphatic rings. The van der Waals surface area contributed by atoms with Gasteiger partial charge in [-0.3, -0.25) is 0 Å². The number of hydrogen-bond acceptors (Lipinski definition) is 4. The third kappa shape index (κ3) is 3.23. The number of anilines is 1. The van der Waals surface area contributed by atoms with E-state index in [1.807, 2.05) is 0 Å². The van der Waals surface area contributed by atoms with Gasteiger partial charge in [0.2, 0.25) is 5.28 Å². The van der Waals surface area contributed by atoms with Gasteiger partial charge in [-0.05, 0) is 79.2 Å². The Balaban J connectivity index is 1.72. The van der Waals surface area contributed by atoms with E-state index in [0.717, 1.165) is 17.2 Å². The van der Waals surface area contributed by atoms with E-state index in [0.29, 0.717) is 22.2 Å². The van der Waals surface area contributed by atoms with Crippen LogP contribution in [0.25, 0.3) is 21.3 Å². The van der Waals surface area contributed by atoms with E-state index >= 15 is 0 Å². The van der Waals surface area contributed by atoms with Gasteiger partial charge in [0.05, 0.1) is 5.39 Å². The summed E-state index contributed by atoms with van der Waals surface area (Å²) in [6.07, 6.45) is 3.71. The fourth-order valence-electron chi connectivity index (χ4n) is 6.23. The van der Waals surface area contributed by atoms with Crippen LogP contribution >= 0.6 is 22.9 Å². The second kappa shape index (κ2) is 6.67. The van der Waals surface area contributed by atoms with Gasteiger partial charge in [0.15, 0.2) is 0 Å². The van der Waals surface area contributed by atoms with Crippen LogP contribution in [-0.4, -0.2) is 22.6 Å². The van der Waals surface area contributed by atoms with Gasteiger partial charge in [-0.2, -0.15) is 4.98 Å². The van der Waals surface area contributed by atoms with E-state index < -0.39 is 0 Å². The van der Waals surface area contributed by atoms with Gasteiger partial charge in [0.1, 0.15) is 10.6 Å². The largest absolute Gasteiger partial charge is 0.352 e. The van der Waals surface area contributed by atoms with Crippen molar-refractivity contribution in [2.45, 2.75) is 66.8 Å². The minimum absolute atomic E-state index is 0.335. The Morgan fingerprint density at radius 3 is 2.57 bits per heavy atom. The van der Waals surface area contributed by atoms with Crippen molar-refractivity contribution in [3.8, 4) is 11.1 Å². The lowest BCUT2D eigenvalue weighted by Gasteiger charge is -2.39. The molecule has 2 unspecified atom stereocenters. The van der Waals surface area contributed by atoms with Crippen molar-refractivity contribution < 1.29 is 0 Å². The molecule has 30 heavy (non-hydrogen) atoms. The molecule has 0 amide bonds. The molecule has 5 rings (SSSR count). The highest BCUT2D eigenvalue weighted by Gasteiger charge is 2.50. The van der Waals surface area contributed by atoms with Gasteiger partial charge in [-0.1, -0.05) is 39.0 Å². The van der Waals surface area contributed by atoms with Gasteiger partial charge in [-0.15, -0.1) is 11.3 Å². The number of nitrogens with zero attached hydrogens (tertiary/aromatic N) is 3. The van der Waals surface area contributed by atoms with E-state index in [9.17, 15) is 0 Å². The van der Waals surface area contributed by atoms with E-state index in [4.69, 9.17) is 16.6 Å². The molecule has 0 spiro atoms. The summed E-state index contributed by atoms with van der Waals surface area (Å²) in [4.78, 5) is 14.3. The van der Waals surface area contributed by atoms with E-state index in [1.54, 1.807) is 11.3 Å². The second-order valence-corrected chi connectivity index (χ2v) is 12.2. The molecule has 2 aromatic heterocycles. The smallest absolute Gasteiger partial charge is 0.225 e. The fraction of sp³-hybridized carbons (Fsp3) is 0.520. The standard InChI is InChI=1S/C25H30ClN3S/c1-14-7-8-17(9-15(14)2)19-16(3)30-22-20(19)21(27-23(26)28-22)29-13-25(6)11-18(29)10-24(4,5)12-25/h7-9,18H,10-13H2,1-6H3. The van der Waals surface area contributed by atoms with E-state index in [1.165, 1.54) is 51.8 Å². The molecule has 3 heterocycles. The molecule has 3 nitrogen and oxygen atoms in total. The molecule has 2 bridgehead atoms. The first-order valence-corrected chi connectivity index (χ1v) is 12.1. The summed E-state index contributed by atoms with van der Waals surface area (Å²) in [6, 6.07) is 7.27. The van der Waals surface area contributed by atoms with Gasteiger partial charge in [0, 0.05) is 23.0 Å². The topological polar surface area (TPSA) is 29.0 Å². The fourth-order valence-corrected chi connectivity index (χ4v) is 7.48. The molecule has 2 fully saturated rings. The molecular formula is C25H30ClN3S. The molecule has 0 N–H and O–H groups in total. The SMILES string of the molecule is Cc1ccc(-c2c(C)sc3nc(Cl)nc(N4CC5(C)CC4CC(C)(C)C5)c23)cc1C. The number of thiophene rings is 1. The monoisotopic (exact) mass is 439 g/mol. The van der Waals surface area contributed by atoms with Crippen molar-refractivity contribution in [1.29, 1.82) is 0 Å². The van der Waals surface area contributed by atoms with Crippen LogP contribution in [0.5, 0.6) is 0 Å². The van der Waals surface area contributed by atoms with Crippen LogP contribution in [0.4, 0.5) is 5.82 Å². The summed E-state index contributed by atoms with van der Waals surface area (Å²) in [5, 5.41) is 1.54. The summed E-state index contributed by atoms with van der Waals surface area (Å²) in [5.74, 6) is 1.04. The summed E-state index contributed by atoms with van der Waals surface area (Å²) >= 11 is 8.18. The third-order valence-corrected chi connectivity index (χ3v) is 8.33. The Morgan fingerprint density at radius 1 is 1.07 bits per heavy atom. The predicted molar refractivity (Wildman–Crippen MR) is 129 cm³/mol. The zero-order valence-corrected chi connectivity index (χ0v) is 20.3. The molecule has 2 atom stereocenters. The van der Waals surface area contributed by atoms with Crippen molar-refractivity contribution in [3.63, 3.8) is 0 Å². The van der Waals surface area contributed by atoms with E-state index in [-0.39, 0.29) is 0 Å². The Bertz CT molecular complexity index is 1160. The van der Waals surface area contributed by atoms with Crippen molar-refractivity contribution in [3.05, 3.63) is 39.5 Å². The molecule has 5 heteroatoms. The minimum Gasteiger partial charge on any atom is -0.352 e. The highest BCUT2D eigenvalue weighted by Crippen LogP contribution is 2.55. The van der Waals surface area contributed by atoms with Gasteiger partial charge in [-0.25, -0.2) is 4.98 Å². The molecule has 1 aliphatic heterocycles. The van der Waals surface area contributed by atoms with Crippen LogP contribution in [0.3, 0.4) is 0 Å². The average Bonchev–Trinajstić information content (AvgIpc) is 3.08. The summed E-state index contributed by atoms with van der Waals surface area (Å²) in [5.41, 5.74) is 5.86. The van der Waals surface area contributed by atoms with Crippen molar-refractivity contribution in [2.75, 3.05) is 11.4 Å². The van der Waals surface area contributed by atoms with Gasteiger partial charge >= 0.3 is 0 Å². The molecule has 1 saturated heterocycles. The Labute approximate surface area is 188 Å². The van der Waals surface area contributed by atoms with Crippen molar-refractivity contribution in [2.24, 2.45) is 10.8 Å². The molecule has 158 valence electrons. The second-order valence-electron chi connectivity index (χ2n) is 10.7. The molecule has 3 aromatic rings. The molecule has 0 radical (unpaired) electrons. The highest BCUT2D eigenvalue weighted by atomic mass is 35.5. The maximum absolute atomic E-state index is 6.45. The lowest BCUT2D eigenvalue weighted by atomic mass is 9.65. The first kappa shape index (κ1) is 20.3.